The lowest BCUT2D eigenvalue weighted by molar-refractivity contribution is -0.122. The number of benzene rings is 3. The normalized spacial score (nSPS) is 14.8. The largest absolute Gasteiger partial charge is 0.493 e. The Kier molecular flexibility index (Phi) is 6.97. The molecule has 35 heavy (non-hydrogen) atoms. The number of carbonyl (C=O) groups excluding carboxylic acids is 3. The molecule has 178 valence electrons. The number of hydrogen-bond acceptors (Lipinski definition) is 5. The molecule has 1 saturated heterocycles. The van der Waals surface area contributed by atoms with Gasteiger partial charge in [0.05, 0.1) is 17.3 Å². The van der Waals surface area contributed by atoms with Gasteiger partial charge in [0, 0.05) is 5.56 Å². The molecule has 0 unspecified atom stereocenters. The van der Waals surface area contributed by atoms with Gasteiger partial charge in [0.1, 0.15) is 18.0 Å². The van der Waals surface area contributed by atoms with E-state index in [1.807, 2.05) is 13.0 Å². The highest BCUT2D eigenvalue weighted by Crippen LogP contribution is 2.38. The summed E-state index contributed by atoms with van der Waals surface area (Å²) in [5, 5.41) is 2.20. The first-order valence-electron chi connectivity index (χ1n) is 10.5. The van der Waals surface area contributed by atoms with Gasteiger partial charge in [0.25, 0.3) is 11.8 Å². The number of aryl methyl sites for hydroxylation is 1. The summed E-state index contributed by atoms with van der Waals surface area (Å²) in [6.07, 6.45) is 1.36. The predicted octanol–water partition coefficient (Wildman–Crippen LogP) is 5.15. The Labute approximate surface area is 209 Å². The SMILES string of the molecule is COc1cc(/C=C2\C(=O)NC(=O)N(c3cccc(C)c3)C2=O)cc(Br)c1OCc1ccccc1F. The topological polar surface area (TPSA) is 84.9 Å². The van der Waals surface area contributed by atoms with Gasteiger partial charge in [-0.3, -0.25) is 14.9 Å². The van der Waals surface area contributed by atoms with E-state index in [9.17, 15) is 18.8 Å². The fourth-order valence-corrected chi connectivity index (χ4v) is 4.13. The van der Waals surface area contributed by atoms with Crippen molar-refractivity contribution in [2.45, 2.75) is 13.5 Å². The molecule has 4 amide bonds. The summed E-state index contributed by atoms with van der Waals surface area (Å²) in [4.78, 5) is 39.0. The zero-order chi connectivity index (χ0) is 25.1. The summed E-state index contributed by atoms with van der Waals surface area (Å²) in [5.74, 6) is -1.32. The monoisotopic (exact) mass is 538 g/mol. The third kappa shape index (κ3) is 5.09. The molecule has 1 heterocycles. The minimum Gasteiger partial charge on any atom is -0.493 e. The maximum absolute atomic E-state index is 13.9. The van der Waals surface area contributed by atoms with Crippen LogP contribution in [0, 0.1) is 12.7 Å². The second-order valence-electron chi connectivity index (χ2n) is 7.71. The number of barbiturate groups is 1. The Morgan fingerprint density at radius 1 is 1.06 bits per heavy atom. The number of anilines is 1. The van der Waals surface area contributed by atoms with Crippen LogP contribution in [0.15, 0.2) is 70.7 Å². The molecule has 3 aromatic carbocycles. The number of ether oxygens (including phenoxy) is 2. The van der Waals surface area contributed by atoms with Gasteiger partial charge in [-0.05, 0) is 70.4 Å². The standard InChI is InChI=1S/C26H20BrFN2O5/c1-15-6-5-8-18(10-15)30-25(32)19(24(31)29-26(30)33)11-16-12-20(27)23(22(13-16)34-2)35-14-17-7-3-4-9-21(17)28/h3-13H,14H2,1-2H3,(H,29,31,33)/b19-11+. The smallest absolute Gasteiger partial charge is 0.335 e. The van der Waals surface area contributed by atoms with Crippen molar-refractivity contribution >= 4 is 45.5 Å². The van der Waals surface area contributed by atoms with Crippen molar-refractivity contribution < 1.29 is 28.2 Å². The maximum atomic E-state index is 13.9. The number of methoxy groups -OCH3 is 1. The Morgan fingerprint density at radius 2 is 1.83 bits per heavy atom. The molecule has 3 aromatic rings. The van der Waals surface area contributed by atoms with Gasteiger partial charge in [-0.2, -0.15) is 0 Å². The van der Waals surface area contributed by atoms with Crippen molar-refractivity contribution in [2.24, 2.45) is 0 Å². The number of nitrogens with one attached hydrogen (secondary N) is 1. The summed E-state index contributed by atoms with van der Waals surface area (Å²) in [5.41, 5.74) is 1.80. The van der Waals surface area contributed by atoms with Gasteiger partial charge in [0.15, 0.2) is 11.5 Å². The molecule has 1 aliphatic heterocycles. The Hall–Kier alpha value is -3.98. The lowest BCUT2D eigenvalue weighted by Gasteiger charge is -2.26. The second kappa shape index (κ2) is 10.1. The summed E-state index contributed by atoms with van der Waals surface area (Å²) in [6, 6.07) is 15.5. The van der Waals surface area contributed by atoms with Crippen LogP contribution in [0.1, 0.15) is 16.7 Å². The number of imide groups is 2. The highest BCUT2D eigenvalue weighted by molar-refractivity contribution is 9.10. The molecule has 0 atom stereocenters. The average Bonchev–Trinajstić information content (AvgIpc) is 2.81. The van der Waals surface area contributed by atoms with Gasteiger partial charge in [-0.1, -0.05) is 30.3 Å². The summed E-state index contributed by atoms with van der Waals surface area (Å²) in [6.45, 7) is 1.80. The van der Waals surface area contributed by atoms with Crippen molar-refractivity contribution in [1.82, 2.24) is 5.32 Å². The van der Waals surface area contributed by atoms with Crippen molar-refractivity contribution in [2.75, 3.05) is 12.0 Å². The van der Waals surface area contributed by atoms with Crippen LogP contribution in [0.5, 0.6) is 11.5 Å². The number of nitrogens with zero attached hydrogens (tertiary/aromatic N) is 1. The Bertz CT molecular complexity index is 1370. The Morgan fingerprint density at radius 3 is 2.54 bits per heavy atom. The number of amides is 4. The molecule has 0 saturated carbocycles. The van der Waals surface area contributed by atoms with E-state index in [0.717, 1.165) is 10.5 Å². The van der Waals surface area contributed by atoms with E-state index in [2.05, 4.69) is 21.2 Å². The van der Waals surface area contributed by atoms with Crippen LogP contribution in [0.4, 0.5) is 14.9 Å². The molecule has 1 fully saturated rings. The van der Waals surface area contributed by atoms with E-state index in [0.29, 0.717) is 32.8 Å². The van der Waals surface area contributed by atoms with Crippen molar-refractivity contribution in [3.05, 3.63) is 93.2 Å². The Balaban J connectivity index is 1.65. The first-order chi connectivity index (χ1) is 16.8. The molecular weight excluding hydrogens is 519 g/mol. The van der Waals surface area contributed by atoms with Crippen LogP contribution in [0.2, 0.25) is 0 Å². The van der Waals surface area contributed by atoms with Crippen molar-refractivity contribution in [3.8, 4) is 11.5 Å². The fraction of sp³-hybridized carbons (Fsp3) is 0.115. The first-order valence-corrected chi connectivity index (χ1v) is 11.3. The minimum absolute atomic E-state index is 0.0312. The zero-order valence-electron chi connectivity index (χ0n) is 18.8. The van der Waals surface area contributed by atoms with Crippen LogP contribution in [-0.4, -0.2) is 25.0 Å². The highest BCUT2D eigenvalue weighted by atomic mass is 79.9. The van der Waals surface area contributed by atoms with Crippen LogP contribution in [0.3, 0.4) is 0 Å². The van der Waals surface area contributed by atoms with Crippen LogP contribution < -0.4 is 19.7 Å². The van der Waals surface area contributed by atoms with Crippen molar-refractivity contribution in [3.63, 3.8) is 0 Å². The average molecular weight is 539 g/mol. The first kappa shape index (κ1) is 24.2. The van der Waals surface area contributed by atoms with Crippen LogP contribution in [0.25, 0.3) is 6.08 Å². The van der Waals surface area contributed by atoms with Crippen molar-refractivity contribution in [1.29, 1.82) is 0 Å². The minimum atomic E-state index is -0.821. The van der Waals surface area contributed by atoms with Gasteiger partial charge < -0.3 is 9.47 Å². The molecule has 0 aliphatic carbocycles. The van der Waals surface area contributed by atoms with Gasteiger partial charge >= 0.3 is 6.03 Å². The fourth-order valence-electron chi connectivity index (χ4n) is 3.55. The molecule has 0 radical (unpaired) electrons. The van der Waals surface area contributed by atoms with E-state index in [1.54, 1.807) is 48.5 Å². The van der Waals surface area contributed by atoms with Gasteiger partial charge in [-0.15, -0.1) is 0 Å². The molecule has 0 aromatic heterocycles. The van der Waals surface area contributed by atoms with E-state index in [4.69, 9.17) is 9.47 Å². The lowest BCUT2D eigenvalue weighted by Crippen LogP contribution is -2.54. The number of rotatable bonds is 6. The van der Waals surface area contributed by atoms with Crippen LogP contribution in [-0.2, 0) is 16.2 Å². The number of hydrogen-bond donors (Lipinski definition) is 1. The molecule has 1 N–H and O–H groups in total. The van der Waals surface area contributed by atoms with Gasteiger partial charge in [0.2, 0.25) is 0 Å². The lowest BCUT2D eigenvalue weighted by atomic mass is 10.1. The van der Waals surface area contributed by atoms with E-state index in [-0.39, 0.29) is 12.2 Å². The van der Waals surface area contributed by atoms with E-state index in [1.165, 1.54) is 19.3 Å². The third-order valence-corrected chi connectivity index (χ3v) is 5.84. The molecule has 1 aliphatic rings. The third-order valence-electron chi connectivity index (χ3n) is 5.25. The second-order valence-corrected chi connectivity index (χ2v) is 8.57. The molecule has 4 rings (SSSR count). The number of carbonyl (C=O) groups is 3. The molecule has 0 bridgehead atoms. The highest BCUT2D eigenvalue weighted by Gasteiger charge is 2.36. The number of halogens is 2. The predicted molar refractivity (Wildman–Crippen MR) is 132 cm³/mol. The number of urea groups is 1. The van der Waals surface area contributed by atoms with E-state index < -0.39 is 23.7 Å². The molecule has 7 nitrogen and oxygen atoms in total. The zero-order valence-corrected chi connectivity index (χ0v) is 20.4. The molecule has 9 heteroatoms. The van der Waals surface area contributed by atoms with Crippen LogP contribution >= 0.6 is 15.9 Å². The summed E-state index contributed by atoms with van der Waals surface area (Å²) < 4.78 is 25.6. The molecule has 0 spiro atoms. The van der Waals surface area contributed by atoms with E-state index >= 15 is 0 Å². The quantitative estimate of drug-likeness (QED) is 0.346. The summed E-state index contributed by atoms with van der Waals surface area (Å²) in [7, 11) is 1.44. The molecular formula is C26H20BrFN2O5. The maximum Gasteiger partial charge on any atom is 0.335 e. The van der Waals surface area contributed by atoms with Gasteiger partial charge in [-0.25, -0.2) is 14.1 Å². The summed E-state index contributed by atoms with van der Waals surface area (Å²) >= 11 is 3.41.